The van der Waals surface area contributed by atoms with Crippen LogP contribution in [0.3, 0.4) is 0 Å². The van der Waals surface area contributed by atoms with Gasteiger partial charge in [-0.2, -0.15) is 0 Å². The van der Waals surface area contributed by atoms with Gasteiger partial charge in [-0.3, -0.25) is 4.79 Å². The molecule has 0 aromatic heterocycles. The summed E-state index contributed by atoms with van der Waals surface area (Å²) in [7, 11) is 0. The van der Waals surface area contributed by atoms with Crippen molar-refractivity contribution in [3.05, 3.63) is 104 Å². The Morgan fingerprint density at radius 2 is 1.50 bits per heavy atom. The van der Waals surface area contributed by atoms with E-state index in [-0.39, 0.29) is 5.78 Å². The highest BCUT2D eigenvalue weighted by Crippen LogP contribution is 2.25. The number of carbonyl (C=O) groups is 2. The molecule has 0 amide bonds. The predicted molar refractivity (Wildman–Crippen MR) is 110 cm³/mol. The Morgan fingerprint density at radius 1 is 0.846 bits per heavy atom. The number of Topliss-reactive ketones (excluding diaryl/α,β-unsaturated/α-hetero) is 1. The summed E-state index contributed by atoms with van der Waals surface area (Å²) in [5.41, 5.74) is 1.45. The maximum Gasteiger partial charge on any atom is 0.339 e. The van der Waals surface area contributed by atoms with Crippen LogP contribution in [0.15, 0.2) is 78.9 Å². The highest BCUT2D eigenvalue weighted by molar-refractivity contribution is 14.1. The molecule has 0 aliphatic heterocycles. The molecule has 0 radical (unpaired) electrons. The van der Waals surface area contributed by atoms with Gasteiger partial charge in [0.2, 0.25) is 5.78 Å². The van der Waals surface area contributed by atoms with E-state index in [0.717, 1.165) is 3.57 Å². The minimum atomic E-state index is -1.04. The molecule has 0 aliphatic carbocycles. The van der Waals surface area contributed by atoms with Crippen LogP contribution in [0.1, 0.15) is 32.4 Å². The highest BCUT2D eigenvalue weighted by Gasteiger charge is 2.26. The third-order valence-electron chi connectivity index (χ3n) is 3.75. The largest absolute Gasteiger partial charge is 0.445 e. The van der Waals surface area contributed by atoms with Crippen LogP contribution in [0.4, 0.5) is 0 Å². The molecule has 5 heteroatoms. The van der Waals surface area contributed by atoms with Crippen molar-refractivity contribution in [1.29, 1.82) is 0 Å². The Hall–Kier alpha value is -2.18. The average molecular weight is 477 g/mol. The number of hydrogen-bond acceptors (Lipinski definition) is 3. The standard InChI is InChI=1S/C21H14ClIO3/c22-17-11-9-15(10-12-17)20(19(24)14-5-2-1-3-6-14)26-21(25)16-7-4-8-18(23)13-16/h1-13,20H. The molecule has 0 fully saturated rings. The van der Waals surface area contributed by atoms with Crippen LogP contribution in [-0.2, 0) is 4.74 Å². The van der Waals surface area contributed by atoms with E-state index in [1.54, 1.807) is 66.7 Å². The molecule has 0 heterocycles. The summed E-state index contributed by atoms with van der Waals surface area (Å²) in [4.78, 5) is 25.5. The van der Waals surface area contributed by atoms with Crippen molar-refractivity contribution in [3.8, 4) is 0 Å². The first kappa shape index (κ1) is 18.6. The number of halogens is 2. The van der Waals surface area contributed by atoms with Crippen molar-refractivity contribution >= 4 is 45.9 Å². The molecule has 0 saturated heterocycles. The van der Waals surface area contributed by atoms with Crippen LogP contribution < -0.4 is 0 Å². The van der Waals surface area contributed by atoms with E-state index >= 15 is 0 Å². The molecular formula is C21H14ClIO3. The topological polar surface area (TPSA) is 43.4 Å². The number of ketones is 1. The molecule has 3 aromatic carbocycles. The molecule has 1 atom stereocenters. The third-order valence-corrected chi connectivity index (χ3v) is 4.68. The predicted octanol–water partition coefficient (Wildman–Crippen LogP) is 5.73. The monoisotopic (exact) mass is 476 g/mol. The fourth-order valence-corrected chi connectivity index (χ4v) is 3.12. The molecule has 0 N–H and O–H groups in total. The van der Waals surface area contributed by atoms with Crippen LogP contribution >= 0.6 is 34.2 Å². The van der Waals surface area contributed by atoms with E-state index in [1.807, 2.05) is 12.1 Å². The number of benzene rings is 3. The zero-order valence-corrected chi connectivity index (χ0v) is 16.5. The Bertz CT molecular complexity index is 924. The number of carbonyl (C=O) groups excluding carboxylic acids is 2. The van der Waals surface area contributed by atoms with Gasteiger partial charge in [-0.05, 0) is 52.9 Å². The average Bonchev–Trinajstić information content (AvgIpc) is 2.67. The SMILES string of the molecule is O=C(OC(C(=O)c1ccccc1)c1ccc(Cl)cc1)c1cccc(I)c1. The number of esters is 1. The summed E-state index contributed by atoms with van der Waals surface area (Å²) in [6.45, 7) is 0. The second-order valence-corrected chi connectivity index (χ2v) is 7.26. The lowest BCUT2D eigenvalue weighted by Crippen LogP contribution is -2.20. The second-order valence-electron chi connectivity index (χ2n) is 5.58. The molecule has 3 nitrogen and oxygen atoms in total. The van der Waals surface area contributed by atoms with Gasteiger partial charge in [0, 0.05) is 19.7 Å². The molecule has 0 bridgehead atoms. The fraction of sp³-hybridized carbons (Fsp3) is 0.0476. The molecule has 130 valence electrons. The summed E-state index contributed by atoms with van der Waals surface area (Å²) < 4.78 is 6.51. The van der Waals surface area contributed by atoms with E-state index in [2.05, 4.69) is 22.6 Å². The maximum absolute atomic E-state index is 13.0. The molecule has 3 rings (SSSR count). The van der Waals surface area contributed by atoms with Gasteiger partial charge < -0.3 is 4.74 Å². The van der Waals surface area contributed by atoms with Crippen LogP contribution in [0, 0.1) is 3.57 Å². The van der Waals surface area contributed by atoms with Gasteiger partial charge in [0.25, 0.3) is 0 Å². The van der Waals surface area contributed by atoms with E-state index < -0.39 is 12.1 Å². The summed E-state index contributed by atoms with van der Waals surface area (Å²) in [5, 5.41) is 0.545. The van der Waals surface area contributed by atoms with Crippen molar-refractivity contribution in [2.45, 2.75) is 6.10 Å². The Morgan fingerprint density at radius 3 is 2.15 bits per heavy atom. The van der Waals surface area contributed by atoms with Crippen LogP contribution in [0.2, 0.25) is 5.02 Å². The van der Waals surface area contributed by atoms with Crippen molar-refractivity contribution in [3.63, 3.8) is 0 Å². The Balaban J connectivity index is 1.94. The van der Waals surface area contributed by atoms with Crippen molar-refractivity contribution in [2.75, 3.05) is 0 Å². The lowest BCUT2D eigenvalue weighted by atomic mass is 9.99. The Labute approximate surface area is 170 Å². The summed E-state index contributed by atoms with van der Waals surface area (Å²) in [6.07, 6.45) is -1.04. The van der Waals surface area contributed by atoms with Crippen molar-refractivity contribution in [2.24, 2.45) is 0 Å². The molecular weight excluding hydrogens is 463 g/mol. The first-order chi connectivity index (χ1) is 12.5. The highest BCUT2D eigenvalue weighted by atomic mass is 127. The van der Waals surface area contributed by atoms with Crippen molar-refractivity contribution < 1.29 is 14.3 Å². The number of ether oxygens (including phenoxy) is 1. The lowest BCUT2D eigenvalue weighted by molar-refractivity contribution is 0.0280. The van der Waals surface area contributed by atoms with E-state index in [9.17, 15) is 9.59 Å². The van der Waals surface area contributed by atoms with Crippen LogP contribution in [-0.4, -0.2) is 11.8 Å². The molecule has 26 heavy (non-hydrogen) atoms. The normalized spacial score (nSPS) is 11.6. The number of rotatable bonds is 5. The van der Waals surface area contributed by atoms with Gasteiger partial charge >= 0.3 is 5.97 Å². The molecule has 3 aromatic rings. The summed E-state index contributed by atoms with van der Waals surface area (Å²) >= 11 is 8.06. The third kappa shape index (κ3) is 4.51. The first-order valence-corrected chi connectivity index (χ1v) is 9.31. The van der Waals surface area contributed by atoms with Gasteiger partial charge in [0.1, 0.15) is 0 Å². The zero-order chi connectivity index (χ0) is 18.5. The quantitative estimate of drug-likeness (QED) is 0.268. The fourth-order valence-electron chi connectivity index (χ4n) is 2.45. The van der Waals surface area contributed by atoms with E-state index in [4.69, 9.17) is 16.3 Å². The minimum absolute atomic E-state index is 0.285. The Kier molecular flexibility index (Phi) is 6.06. The smallest absolute Gasteiger partial charge is 0.339 e. The van der Waals surface area contributed by atoms with E-state index in [0.29, 0.717) is 21.7 Å². The maximum atomic E-state index is 13.0. The molecule has 0 spiro atoms. The first-order valence-electron chi connectivity index (χ1n) is 7.86. The molecule has 0 aliphatic rings. The van der Waals surface area contributed by atoms with Gasteiger partial charge in [-0.15, -0.1) is 0 Å². The zero-order valence-electron chi connectivity index (χ0n) is 13.6. The van der Waals surface area contributed by atoms with Crippen LogP contribution in [0.5, 0.6) is 0 Å². The van der Waals surface area contributed by atoms with E-state index in [1.165, 1.54) is 0 Å². The summed E-state index contributed by atoms with van der Waals surface area (Å²) in [6, 6.07) is 22.5. The number of hydrogen-bond donors (Lipinski definition) is 0. The second kappa shape index (κ2) is 8.47. The van der Waals surface area contributed by atoms with Crippen molar-refractivity contribution in [1.82, 2.24) is 0 Å². The van der Waals surface area contributed by atoms with Gasteiger partial charge in [-0.25, -0.2) is 4.79 Å². The minimum Gasteiger partial charge on any atom is -0.445 e. The molecule has 0 saturated carbocycles. The summed E-state index contributed by atoms with van der Waals surface area (Å²) in [5.74, 6) is -0.834. The van der Waals surface area contributed by atoms with Gasteiger partial charge in [0.05, 0.1) is 5.56 Å². The molecule has 1 unspecified atom stereocenters. The lowest BCUT2D eigenvalue weighted by Gasteiger charge is -2.18. The van der Waals surface area contributed by atoms with Gasteiger partial charge in [-0.1, -0.05) is 60.1 Å². The van der Waals surface area contributed by atoms with Crippen LogP contribution in [0.25, 0.3) is 0 Å². The van der Waals surface area contributed by atoms with Gasteiger partial charge in [0.15, 0.2) is 6.10 Å².